The summed E-state index contributed by atoms with van der Waals surface area (Å²) in [6.45, 7) is 11.4. The zero-order valence-corrected chi connectivity index (χ0v) is 41.1. The highest BCUT2D eigenvalue weighted by atomic mass is 16.6. The molecule has 0 N–H and O–H groups in total. The summed E-state index contributed by atoms with van der Waals surface area (Å²) < 4.78 is 16.8. The number of hydrogen-bond acceptors (Lipinski definition) is 6. The molecule has 1 unspecified atom stereocenters. The fourth-order valence-corrected chi connectivity index (χ4v) is 8.13. The van der Waals surface area contributed by atoms with Crippen LogP contribution in [0, 0.1) is 11.8 Å². The SMILES string of the molecule is CCCCCCCCCCCCCC(=O)OC[C@@H](COC(=O)CCCCCCCCCCCCCCCCC(C)C)OC(=O)CCCCCCCCCCCCC(C)CC. The Kier molecular flexibility index (Phi) is 45.7. The molecule has 0 spiro atoms. The lowest BCUT2D eigenvalue weighted by Gasteiger charge is -2.18. The average molecular weight is 849 g/mol. The van der Waals surface area contributed by atoms with Gasteiger partial charge in [-0.1, -0.05) is 259 Å². The summed E-state index contributed by atoms with van der Waals surface area (Å²) in [6.07, 6.45) is 47.9. The third-order valence-corrected chi connectivity index (χ3v) is 12.6. The van der Waals surface area contributed by atoms with Crippen molar-refractivity contribution in [3.05, 3.63) is 0 Å². The van der Waals surface area contributed by atoms with Crippen molar-refractivity contribution in [2.75, 3.05) is 13.2 Å². The van der Waals surface area contributed by atoms with Gasteiger partial charge < -0.3 is 14.2 Å². The smallest absolute Gasteiger partial charge is 0.306 e. The predicted octanol–water partition coefficient (Wildman–Crippen LogP) is 17.3. The van der Waals surface area contributed by atoms with Crippen molar-refractivity contribution in [3.63, 3.8) is 0 Å². The Bertz CT molecular complexity index is 918. The van der Waals surface area contributed by atoms with E-state index in [-0.39, 0.29) is 31.1 Å². The molecule has 0 aliphatic heterocycles. The zero-order chi connectivity index (χ0) is 44.0. The highest BCUT2D eigenvalue weighted by Gasteiger charge is 2.19. The molecule has 0 aliphatic rings. The van der Waals surface area contributed by atoms with Crippen molar-refractivity contribution in [3.8, 4) is 0 Å². The van der Waals surface area contributed by atoms with Gasteiger partial charge in [0.05, 0.1) is 0 Å². The van der Waals surface area contributed by atoms with Gasteiger partial charge in [-0.2, -0.15) is 0 Å². The molecule has 0 aromatic rings. The predicted molar refractivity (Wildman–Crippen MR) is 256 cm³/mol. The van der Waals surface area contributed by atoms with E-state index < -0.39 is 6.10 Å². The molecule has 2 atom stereocenters. The number of esters is 3. The fraction of sp³-hybridized carbons (Fsp3) is 0.944. The van der Waals surface area contributed by atoms with Crippen LogP contribution in [-0.2, 0) is 28.6 Å². The lowest BCUT2D eigenvalue weighted by Crippen LogP contribution is -2.30. The minimum Gasteiger partial charge on any atom is -0.462 e. The van der Waals surface area contributed by atoms with Crippen LogP contribution in [0.15, 0.2) is 0 Å². The van der Waals surface area contributed by atoms with Crippen molar-refractivity contribution in [2.24, 2.45) is 11.8 Å². The molecule has 6 nitrogen and oxygen atoms in total. The topological polar surface area (TPSA) is 78.9 Å². The number of carbonyl (C=O) groups excluding carboxylic acids is 3. The first-order chi connectivity index (χ1) is 29.3. The minimum absolute atomic E-state index is 0.0634. The number of rotatable bonds is 48. The van der Waals surface area contributed by atoms with Gasteiger partial charge in [-0.25, -0.2) is 0 Å². The second-order valence-corrected chi connectivity index (χ2v) is 19.2. The van der Waals surface area contributed by atoms with Gasteiger partial charge in [0.25, 0.3) is 0 Å². The number of hydrogen-bond donors (Lipinski definition) is 0. The van der Waals surface area contributed by atoms with E-state index in [1.807, 2.05) is 0 Å². The van der Waals surface area contributed by atoms with Crippen LogP contribution in [0.2, 0.25) is 0 Å². The Morgan fingerprint density at radius 3 is 0.950 bits per heavy atom. The maximum absolute atomic E-state index is 12.8. The molecular weight excluding hydrogens is 745 g/mol. The van der Waals surface area contributed by atoms with Gasteiger partial charge >= 0.3 is 17.9 Å². The molecule has 0 aromatic heterocycles. The number of carbonyl (C=O) groups is 3. The second-order valence-electron chi connectivity index (χ2n) is 19.2. The van der Waals surface area contributed by atoms with Crippen LogP contribution < -0.4 is 0 Å². The first kappa shape index (κ1) is 58.4. The average Bonchev–Trinajstić information content (AvgIpc) is 3.23. The summed E-state index contributed by atoms with van der Waals surface area (Å²) in [6, 6.07) is 0. The van der Waals surface area contributed by atoms with Crippen LogP contribution in [0.5, 0.6) is 0 Å². The maximum atomic E-state index is 12.8. The molecule has 0 heterocycles. The third-order valence-electron chi connectivity index (χ3n) is 12.6. The van der Waals surface area contributed by atoms with Gasteiger partial charge in [-0.05, 0) is 31.1 Å². The van der Waals surface area contributed by atoms with Crippen LogP contribution in [0.1, 0.15) is 298 Å². The van der Waals surface area contributed by atoms with Crippen molar-refractivity contribution >= 4 is 17.9 Å². The molecule has 0 aromatic carbocycles. The van der Waals surface area contributed by atoms with Gasteiger partial charge in [-0.15, -0.1) is 0 Å². The molecule has 0 aliphatic carbocycles. The van der Waals surface area contributed by atoms with E-state index in [1.54, 1.807) is 0 Å². The molecule has 356 valence electrons. The van der Waals surface area contributed by atoms with Crippen molar-refractivity contribution in [2.45, 2.75) is 304 Å². The van der Waals surface area contributed by atoms with Gasteiger partial charge in [0, 0.05) is 19.3 Å². The van der Waals surface area contributed by atoms with E-state index in [1.165, 1.54) is 186 Å². The Morgan fingerprint density at radius 1 is 0.350 bits per heavy atom. The van der Waals surface area contributed by atoms with Gasteiger partial charge in [0.2, 0.25) is 0 Å². The lowest BCUT2D eigenvalue weighted by atomic mass is 9.99. The first-order valence-electron chi connectivity index (χ1n) is 26.8. The standard InChI is InChI=1S/C54H104O6/c1-6-8-9-10-11-12-17-24-29-34-39-44-52(55)58-47-51(60-54(57)46-41-36-31-26-21-20-23-28-33-38-43-50(5)7-2)48-59-53(56)45-40-35-30-25-19-16-14-13-15-18-22-27-32-37-42-49(3)4/h49-51H,6-48H2,1-5H3/t50?,51-/m0/s1. The Hall–Kier alpha value is -1.59. The molecule has 0 bridgehead atoms. The molecule has 6 heteroatoms. The maximum Gasteiger partial charge on any atom is 0.306 e. The monoisotopic (exact) mass is 849 g/mol. The van der Waals surface area contributed by atoms with Crippen LogP contribution in [-0.4, -0.2) is 37.2 Å². The largest absolute Gasteiger partial charge is 0.462 e. The molecular formula is C54H104O6. The van der Waals surface area contributed by atoms with Crippen LogP contribution in [0.4, 0.5) is 0 Å². The Morgan fingerprint density at radius 2 is 0.633 bits per heavy atom. The summed E-state index contributed by atoms with van der Waals surface area (Å²) in [7, 11) is 0. The molecule has 0 saturated carbocycles. The van der Waals surface area contributed by atoms with Gasteiger partial charge in [0.1, 0.15) is 13.2 Å². The molecule has 0 saturated heterocycles. The molecule has 0 fully saturated rings. The molecule has 0 rings (SSSR count). The van der Waals surface area contributed by atoms with Crippen LogP contribution in [0.25, 0.3) is 0 Å². The second kappa shape index (κ2) is 46.9. The Balaban J connectivity index is 4.29. The summed E-state index contributed by atoms with van der Waals surface area (Å²) in [5.41, 5.74) is 0. The van der Waals surface area contributed by atoms with E-state index in [2.05, 4.69) is 34.6 Å². The number of unbranched alkanes of at least 4 members (excludes halogenated alkanes) is 32. The normalized spacial score (nSPS) is 12.5. The van der Waals surface area contributed by atoms with E-state index in [9.17, 15) is 14.4 Å². The van der Waals surface area contributed by atoms with Crippen molar-refractivity contribution < 1.29 is 28.6 Å². The molecule has 0 radical (unpaired) electrons. The summed E-state index contributed by atoms with van der Waals surface area (Å²) in [4.78, 5) is 38.0. The Labute approximate surface area is 374 Å². The molecule has 0 amide bonds. The van der Waals surface area contributed by atoms with E-state index >= 15 is 0 Å². The first-order valence-corrected chi connectivity index (χ1v) is 26.8. The summed E-state index contributed by atoms with van der Waals surface area (Å²) >= 11 is 0. The highest BCUT2D eigenvalue weighted by molar-refractivity contribution is 5.71. The van der Waals surface area contributed by atoms with Crippen molar-refractivity contribution in [1.82, 2.24) is 0 Å². The van der Waals surface area contributed by atoms with Crippen LogP contribution in [0.3, 0.4) is 0 Å². The zero-order valence-electron chi connectivity index (χ0n) is 41.1. The lowest BCUT2D eigenvalue weighted by molar-refractivity contribution is -0.167. The van der Waals surface area contributed by atoms with E-state index in [0.717, 1.165) is 69.6 Å². The van der Waals surface area contributed by atoms with Gasteiger partial charge in [0.15, 0.2) is 6.10 Å². The van der Waals surface area contributed by atoms with E-state index in [0.29, 0.717) is 19.3 Å². The number of ether oxygens (including phenoxy) is 3. The third kappa shape index (κ3) is 45.9. The quantitative estimate of drug-likeness (QED) is 0.0345. The van der Waals surface area contributed by atoms with Crippen LogP contribution >= 0.6 is 0 Å². The summed E-state index contributed by atoms with van der Waals surface area (Å²) in [5.74, 6) is 0.866. The van der Waals surface area contributed by atoms with Gasteiger partial charge in [-0.3, -0.25) is 14.4 Å². The van der Waals surface area contributed by atoms with Crippen molar-refractivity contribution in [1.29, 1.82) is 0 Å². The fourth-order valence-electron chi connectivity index (χ4n) is 8.13. The summed E-state index contributed by atoms with van der Waals surface area (Å²) in [5, 5.41) is 0. The minimum atomic E-state index is -0.761. The molecule has 60 heavy (non-hydrogen) atoms. The highest BCUT2D eigenvalue weighted by Crippen LogP contribution is 2.18. The van der Waals surface area contributed by atoms with E-state index in [4.69, 9.17) is 14.2 Å².